The highest BCUT2D eigenvalue weighted by Gasteiger charge is 2.22. The summed E-state index contributed by atoms with van der Waals surface area (Å²) in [5.41, 5.74) is 0. The zero-order valence-electron chi connectivity index (χ0n) is 9.63. The summed E-state index contributed by atoms with van der Waals surface area (Å²) in [5.74, 6) is 0.999. The highest BCUT2D eigenvalue weighted by atomic mass is 127. The summed E-state index contributed by atoms with van der Waals surface area (Å²) < 4.78 is 11.8. The van der Waals surface area contributed by atoms with Gasteiger partial charge in [-0.15, -0.1) is 0 Å². The molecule has 0 atom stereocenters. The molecule has 0 amide bonds. The van der Waals surface area contributed by atoms with Gasteiger partial charge in [-0.25, -0.2) is 0 Å². The van der Waals surface area contributed by atoms with Gasteiger partial charge in [0.15, 0.2) is 6.79 Å². The van der Waals surface area contributed by atoms with E-state index in [4.69, 9.17) is 9.47 Å². The van der Waals surface area contributed by atoms with Crippen LogP contribution in [-0.2, 0) is 4.74 Å². The first-order valence-corrected chi connectivity index (χ1v) is 9.45. The quantitative estimate of drug-likeness (QED) is 0.478. The molecular weight excluding hydrogens is 319 g/mol. The molecule has 0 spiro atoms. The van der Waals surface area contributed by atoms with Gasteiger partial charge in [0.1, 0.15) is 5.75 Å². The molecule has 1 aromatic carbocycles. The fourth-order valence-corrected chi connectivity index (χ4v) is 3.76. The van der Waals surface area contributed by atoms with E-state index in [1.54, 1.807) is 7.11 Å². The van der Waals surface area contributed by atoms with E-state index >= 15 is 0 Å². The van der Waals surface area contributed by atoms with Crippen molar-refractivity contribution in [3.63, 3.8) is 0 Å². The SMILES string of the molecule is COCOc1c(I)cccc1[Si](C)(C)C. The normalized spacial score (nSPS) is 11.5. The number of hydrogen-bond acceptors (Lipinski definition) is 2. The number of ether oxygens (including phenoxy) is 2. The van der Waals surface area contributed by atoms with Gasteiger partial charge in [-0.05, 0) is 33.8 Å². The molecule has 0 fully saturated rings. The Morgan fingerprint density at radius 2 is 1.93 bits per heavy atom. The summed E-state index contributed by atoms with van der Waals surface area (Å²) >= 11 is 2.31. The molecule has 0 radical (unpaired) electrons. The maximum absolute atomic E-state index is 5.65. The Kier molecular flexibility index (Phi) is 4.60. The summed E-state index contributed by atoms with van der Waals surface area (Å²) in [5, 5.41) is 1.35. The lowest BCUT2D eigenvalue weighted by molar-refractivity contribution is 0.0512. The molecule has 0 bridgehead atoms. The molecule has 1 aromatic rings. The van der Waals surface area contributed by atoms with Crippen molar-refractivity contribution in [1.29, 1.82) is 0 Å². The van der Waals surface area contributed by atoms with Gasteiger partial charge in [0.05, 0.1) is 11.6 Å². The van der Waals surface area contributed by atoms with Crippen molar-refractivity contribution < 1.29 is 9.47 Å². The number of para-hydroxylation sites is 1. The third kappa shape index (κ3) is 3.46. The van der Waals surface area contributed by atoms with Gasteiger partial charge in [0, 0.05) is 7.11 Å². The predicted molar refractivity (Wildman–Crippen MR) is 74.6 cm³/mol. The van der Waals surface area contributed by atoms with Gasteiger partial charge in [-0.1, -0.05) is 31.8 Å². The van der Waals surface area contributed by atoms with Crippen LogP contribution in [0.4, 0.5) is 0 Å². The van der Waals surface area contributed by atoms with E-state index in [1.807, 2.05) is 0 Å². The van der Waals surface area contributed by atoms with E-state index in [9.17, 15) is 0 Å². The van der Waals surface area contributed by atoms with E-state index in [-0.39, 0.29) is 0 Å². The highest BCUT2D eigenvalue weighted by Crippen LogP contribution is 2.21. The maximum atomic E-state index is 5.65. The number of methoxy groups -OCH3 is 1. The second-order valence-corrected chi connectivity index (χ2v) is 10.6. The van der Waals surface area contributed by atoms with E-state index in [0.29, 0.717) is 6.79 Å². The van der Waals surface area contributed by atoms with Gasteiger partial charge in [-0.3, -0.25) is 0 Å². The molecule has 4 heteroatoms. The molecule has 0 aliphatic carbocycles. The number of hydrogen-bond donors (Lipinski definition) is 0. The van der Waals surface area contributed by atoms with Crippen molar-refractivity contribution in [2.24, 2.45) is 0 Å². The maximum Gasteiger partial charge on any atom is 0.188 e. The summed E-state index contributed by atoms with van der Waals surface area (Å²) in [6.07, 6.45) is 0. The molecule has 0 aliphatic rings. The Balaban J connectivity index is 3.09. The first-order chi connectivity index (χ1) is 6.96. The van der Waals surface area contributed by atoms with Crippen LogP contribution < -0.4 is 9.92 Å². The van der Waals surface area contributed by atoms with Crippen molar-refractivity contribution >= 4 is 35.9 Å². The second-order valence-electron chi connectivity index (χ2n) is 4.42. The minimum atomic E-state index is -1.34. The molecule has 0 unspecified atom stereocenters. The molecule has 0 aliphatic heterocycles. The Bertz CT molecular complexity index is 334. The van der Waals surface area contributed by atoms with Crippen LogP contribution in [0.25, 0.3) is 0 Å². The smallest absolute Gasteiger partial charge is 0.188 e. The number of halogens is 1. The van der Waals surface area contributed by atoms with Crippen molar-refractivity contribution in [1.82, 2.24) is 0 Å². The van der Waals surface area contributed by atoms with Crippen LogP contribution in [0.3, 0.4) is 0 Å². The van der Waals surface area contributed by atoms with Crippen LogP contribution in [0.15, 0.2) is 18.2 Å². The third-order valence-corrected chi connectivity index (χ3v) is 4.96. The molecule has 0 saturated heterocycles. The fourth-order valence-electron chi connectivity index (χ4n) is 1.36. The van der Waals surface area contributed by atoms with Crippen LogP contribution in [0, 0.1) is 3.57 Å². The Hall–Kier alpha value is -0.0731. The van der Waals surface area contributed by atoms with Crippen molar-refractivity contribution in [2.75, 3.05) is 13.9 Å². The largest absolute Gasteiger partial charge is 0.467 e. The molecular formula is C11H17IO2Si. The van der Waals surface area contributed by atoms with Crippen LogP contribution in [-0.4, -0.2) is 22.0 Å². The average molecular weight is 336 g/mol. The first kappa shape index (κ1) is 13.0. The fraction of sp³-hybridized carbons (Fsp3) is 0.455. The van der Waals surface area contributed by atoms with Gasteiger partial charge < -0.3 is 9.47 Å². The summed E-state index contributed by atoms with van der Waals surface area (Å²) in [4.78, 5) is 0. The second kappa shape index (κ2) is 5.31. The van der Waals surface area contributed by atoms with Gasteiger partial charge in [-0.2, -0.15) is 0 Å². The number of rotatable bonds is 4. The van der Waals surface area contributed by atoms with Crippen LogP contribution in [0.2, 0.25) is 19.6 Å². The van der Waals surface area contributed by atoms with E-state index in [0.717, 1.165) is 9.32 Å². The highest BCUT2D eigenvalue weighted by molar-refractivity contribution is 14.1. The standard InChI is InChI=1S/C11H17IO2Si/c1-13-8-14-11-9(12)6-5-7-10(11)15(2,3)4/h5-7H,8H2,1-4H3. The zero-order chi connectivity index (χ0) is 11.5. The van der Waals surface area contributed by atoms with E-state index in [2.05, 4.69) is 60.4 Å². The average Bonchev–Trinajstić information content (AvgIpc) is 2.14. The minimum absolute atomic E-state index is 0.317. The van der Waals surface area contributed by atoms with Gasteiger partial charge in [0.25, 0.3) is 0 Å². The monoisotopic (exact) mass is 336 g/mol. The first-order valence-electron chi connectivity index (χ1n) is 4.87. The molecule has 0 saturated carbocycles. The lowest BCUT2D eigenvalue weighted by Gasteiger charge is -2.21. The summed E-state index contributed by atoms with van der Waals surface area (Å²) in [6, 6.07) is 6.32. The lowest BCUT2D eigenvalue weighted by atomic mass is 10.3. The topological polar surface area (TPSA) is 18.5 Å². The van der Waals surface area contributed by atoms with E-state index in [1.165, 1.54) is 5.19 Å². The molecule has 0 heterocycles. The molecule has 15 heavy (non-hydrogen) atoms. The Morgan fingerprint density at radius 1 is 1.27 bits per heavy atom. The zero-order valence-corrected chi connectivity index (χ0v) is 12.8. The van der Waals surface area contributed by atoms with Crippen LogP contribution in [0.5, 0.6) is 5.75 Å². The minimum Gasteiger partial charge on any atom is -0.467 e. The summed E-state index contributed by atoms with van der Waals surface area (Å²) in [7, 11) is 0.298. The number of benzene rings is 1. The van der Waals surface area contributed by atoms with Crippen molar-refractivity contribution in [3.05, 3.63) is 21.8 Å². The summed E-state index contributed by atoms with van der Waals surface area (Å²) in [6.45, 7) is 7.27. The lowest BCUT2D eigenvalue weighted by Crippen LogP contribution is -2.39. The third-order valence-electron chi connectivity index (χ3n) is 2.10. The molecule has 0 N–H and O–H groups in total. The molecule has 84 valence electrons. The predicted octanol–water partition coefficient (Wildman–Crippen LogP) is 2.82. The Labute approximate surface area is 106 Å². The molecule has 2 nitrogen and oxygen atoms in total. The molecule has 0 aromatic heterocycles. The van der Waals surface area contributed by atoms with Crippen molar-refractivity contribution in [3.8, 4) is 5.75 Å². The van der Waals surface area contributed by atoms with Crippen molar-refractivity contribution in [2.45, 2.75) is 19.6 Å². The van der Waals surface area contributed by atoms with Gasteiger partial charge in [0.2, 0.25) is 0 Å². The van der Waals surface area contributed by atoms with Crippen LogP contribution in [0.1, 0.15) is 0 Å². The van der Waals surface area contributed by atoms with E-state index < -0.39 is 8.07 Å². The Morgan fingerprint density at radius 3 is 2.47 bits per heavy atom. The van der Waals surface area contributed by atoms with Crippen LogP contribution >= 0.6 is 22.6 Å². The van der Waals surface area contributed by atoms with Gasteiger partial charge >= 0.3 is 0 Å². The molecule has 1 rings (SSSR count).